The maximum absolute atomic E-state index is 12.8. The van der Waals surface area contributed by atoms with E-state index >= 15 is 0 Å². The quantitative estimate of drug-likeness (QED) is 0.329. The number of ether oxygens (including phenoxy) is 1. The fourth-order valence-electron chi connectivity index (χ4n) is 3.19. The third-order valence-corrected chi connectivity index (χ3v) is 4.49. The van der Waals surface area contributed by atoms with Crippen LogP contribution in [0.25, 0.3) is 22.0 Å². The van der Waals surface area contributed by atoms with Crippen LogP contribution >= 0.6 is 0 Å². The summed E-state index contributed by atoms with van der Waals surface area (Å²) in [6.07, 6.45) is -3.42. The van der Waals surface area contributed by atoms with E-state index in [1.165, 1.54) is 30.5 Å². The second-order valence-corrected chi connectivity index (χ2v) is 6.60. The summed E-state index contributed by atoms with van der Waals surface area (Å²) >= 11 is 0. The summed E-state index contributed by atoms with van der Waals surface area (Å²) in [6.45, 7) is 0. The van der Waals surface area contributed by atoms with E-state index in [1.54, 1.807) is 0 Å². The number of fused-ring (bicyclic) bond motifs is 1. The number of hydrogen-bond acceptors (Lipinski definition) is 3. The highest BCUT2D eigenvalue weighted by atomic mass is 19.4. The predicted molar refractivity (Wildman–Crippen MR) is 112 cm³/mol. The van der Waals surface area contributed by atoms with E-state index in [2.05, 4.69) is 20.2 Å². The lowest BCUT2D eigenvalue weighted by molar-refractivity contribution is -0.274. The number of amides is 1. The molecule has 156 valence electrons. The van der Waals surface area contributed by atoms with Crippen molar-refractivity contribution >= 4 is 23.0 Å². The van der Waals surface area contributed by atoms with Crippen molar-refractivity contribution in [1.82, 2.24) is 10.4 Å². The third kappa shape index (κ3) is 4.75. The van der Waals surface area contributed by atoms with Gasteiger partial charge in [0.2, 0.25) is 0 Å². The van der Waals surface area contributed by atoms with E-state index in [0.29, 0.717) is 11.3 Å². The molecule has 1 heterocycles. The summed E-state index contributed by atoms with van der Waals surface area (Å²) in [5.41, 5.74) is 5.78. The summed E-state index contributed by atoms with van der Waals surface area (Å²) in [4.78, 5) is 15.9. The van der Waals surface area contributed by atoms with Gasteiger partial charge in [-0.3, -0.25) is 4.79 Å². The van der Waals surface area contributed by atoms with Crippen LogP contribution in [-0.4, -0.2) is 23.5 Å². The zero-order valence-electron chi connectivity index (χ0n) is 16.0. The molecule has 0 bridgehead atoms. The van der Waals surface area contributed by atoms with Crippen molar-refractivity contribution in [3.05, 3.63) is 90.1 Å². The van der Waals surface area contributed by atoms with Crippen LogP contribution in [0.2, 0.25) is 0 Å². The van der Waals surface area contributed by atoms with Crippen molar-refractivity contribution in [2.75, 3.05) is 0 Å². The number of benzene rings is 3. The maximum atomic E-state index is 12.8. The van der Waals surface area contributed by atoms with Crippen LogP contribution in [0.3, 0.4) is 0 Å². The van der Waals surface area contributed by atoms with Gasteiger partial charge in [0.1, 0.15) is 11.4 Å². The molecule has 31 heavy (non-hydrogen) atoms. The van der Waals surface area contributed by atoms with Gasteiger partial charge in [-0.1, -0.05) is 48.5 Å². The first-order valence-corrected chi connectivity index (χ1v) is 9.26. The van der Waals surface area contributed by atoms with Crippen LogP contribution in [0.4, 0.5) is 13.2 Å². The number of H-pyrrole nitrogens is 1. The summed E-state index contributed by atoms with van der Waals surface area (Å²) in [7, 11) is 0. The van der Waals surface area contributed by atoms with Gasteiger partial charge in [0.25, 0.3) is 5.91 Å². The number of para-hydroxylation sites is 1. The number of nitrogens with zero attached hydrogens (tertiary/aromatic N) is 1. The lowest BCUT2D eigenvalue weighted by Crippen LogP contribution is -2.19. The molecule has 0 aliphatic heterocycles. The van der Waals surface area contributed by atoms with Gasteiger partial charge in [0, 0.05) is 16.5 Å². The Balaban J connectivity index is 1.54. The minimum atomic E-state index is -4.75. The minimum Gasteiger partial charge on any atom is -0.406 e. The minimum absolute atomic E-state index is 0.334. The van der Waals surface area contributed by atoms with Gasteiger partial charge in [-0.2, -0.15) is 5.10 Å². The molecule has 5 nitrogen and oxygen atoms in total. The number of hydrazone groups is 1. The summed E-state index contributed by atoms with van der Waals surface area (Å²) in [5, 5.41) is 4.83. The van der Waals surface area contributed by atoms with Gasteiger partial charge in [-0.15, -0.1) is 13.2 Å². The summed E-state index contributed by atoms with van der Waals surface area (Å²) < 4.78 is 40.5. The number of hydrogen-bond donors (Lipinski definition) is 2. The van der Waals surface area contributed by atoms with E-state index in [4.69, 9.17) is 0 Å². The predicted octanol–water partition coefficient (Wildman–Crippen LogP) is 5.50. The summed E-state index contributed by atoms with van der Waals surface area (Å²) in [5.74, 6) is -0.775. The number of carbonyl (C=O) groups excluding carboxylic acids is 1. The largest absolute Gasteiger partial charge is 0.573 e. The SMILES string of the molecule is O=C(NN=Cc1ccc(OC(F)(F)F)cc1)c1[nH]c2ccccc2c1-c1ccccc1. The Morgan fingerprint density at radius 3 is 2.32 bits per heavy atom. The lowest BCUT2D eigenvalue weighted by atomic mass is 10.0. The molecule has 0 unspecified atom stereocenters. The molecule has 0 atom stereocenters. The van der Waals surface area contributed by atoms with Gasteiger partial charge in [0.15, 0.2) is 0 Å². The van der Waals surface area contributed by atoms with E-state index in [0.717, 1.165) is 22.0 Å². The van der Waals surface area contributed by atoms with E-state index in [-0.39, 0.29) is 5.75 Å². The molecule has 0 saturated carbocycles. The van der Waals surface area contributed by atoms with E-state index < -0.39 is 12.3 Å². The van der Waals surface area contributed by atoms with Crippen LogP contribution in [0, 0.1) is 0 Å². The zero-order valence-corrected chi connectivity index (χ0v) is 16.0. The Hall–Kier alpha value is -4.07. The van der Waals surface area contributed by atoms with Crippen molar-refractivity contribution in [2.45, 2.75) is 6.36 Å². The van der Waals surface area contributed by atoms with Crippen molar-refractivity contribution in [2.24, 2.45) is 5.10 Å². The van der Waals surface area contributed by atoms with Crippen LogP contribution in [0.15, 0.2) is 84.0 Å². The molecule has 2 N–H and O–H groups in total. The monoisotopic (exact) mass is 423 g/mol. The van der Waals surface area contributed by atoms with Gasteiger partial charge in [-0.05, 0) is 41.5 Å². The lowest BCUT2D eigenvalue weighted by Gasteiger charge is -2.08. The molecule has 0 radical (unpaired) electrons. The normalized spacial score (nSPS) is 11.7. The van der Waals surface area contributed by atoms with Crippen LogP contribution in [0.1, 0.15) is 16.1 Å². The molecule has 4 rings (SSSR count). The molecular weight excluding hydrogens is 407 g/mol. The number of rotatable bonds is 5. The number of alkyl halides is 3. The first-order chi connectivity index (χ1) is 14.9. The number of aromatic nitrogens is 1. The first kappa shape index (κ1) is 20.2. The molecule has 0 aliphatic carbocycles. The molecule has 0 saturated heterocycles. The van der Waals surface area contributed by atoms with Gasteiger partial charge in [-0.25, -0.2) is 5.43 Å². The highest BCUT2D eigenvalue weighted by Gasteiger charge is 2.30. The Labute approximate surface area is 175 Å². The van der Waals surface area contributed by atoms with Crippen molar-refractivity contribution in [3.63, 3.8) is 0 Å². The molecule has 8 heteroatoms. The van der Waals surface area contributed by atoms with Crippen LogP contribution in [-0.2, 0) is 0 Å². The second kappa shape index (κ2) is 8.35. The number of carbonyl (C=O) groups is 1. The number of nitrogens with one attached hydrogen (secondary N) is 2. The molecule has 0 aliphatic rings. The van der Waals surface area contributed by atoms with Gasteiger partial charge < -0.3 is 9.72 Å². The molecule has 1 amide bonds. The Kier molecular flexibility index (Phi) is 5.44. The average Bonchev–Trinajstić information content (AvgIpc) is 3.14. The highest BCUT2D eigenvalue weighted by Crippen LogP contribution is 2.32. The van der Waals surface area contributed by atoms with E-state index in [9.17, 15) is 18.0 Å². The average molecular weight is 423 g/mol. The van der Waals surface area contributed by atoms with E-state index in [1.807, 2.05) is 54.6 Å². The Morgan fingerprint density at radius 2 is 1.61 bits per heavy atom. The molecule has 0 spiro atoms. The standard InChI is InChI=1S/C23H16F3N3O2/c24-23(25,26)31-17-12-10-15(11-13-17)14-27-29-22(30)21-20(16-6-2-1-3-7-16)18-8-4-5-9-19(18)28-21/h1-14,28H,(H,29,30). The first-order valence-electron chi connectivity index (χ1n) is 9.26. The molecule has 3 aromatic carbocycles. The molecular formula is C23H16F3N3O2. The van der Waals surface area contributed by atoms with Crippen molar-refractivity contribution in [1.29, 1.82) is 0 Å². The topological polar surface area (TPSA) is 66.5 Å². The Bertz CT molecular complexity index is 1230. The van der Waals surface area contributed by atoms with Crippen LogP contribution < -0.4 is 10.2 Å². The van der Waals surface area contributed by atoms with Crippen molar-refractivity contribution < 1.29 is 22.7 Å². The fourth-order valence-corrected chi connectivity index (χ4v) is 3.19. The zero-order chi connectivity index (χ0) is 21.8. The van der Waals surface area contributed by atoms with Gasteiger partial charge in [0.05, 0.1) is 6.21 Å². The molecule has 1 aromatic heterocycles. The summed E-state index contributed by atoms with van der Waals surface area (Å²) in [6, 6.07) is 22.2. The highest BCUT2D eigenvalue weighted by molar-refractivity contribution is 6.09. The van der Waals surface area contributed by atoms with Gasteiger partial charge >= 0.3 is 6.36 Å². The maximum Gasteiger partial charge on any atom is 0.573 e. The molecule has 4 aromatic rings. The number of halogens is 3. The Morgan fingerprint density at radius 1 is 0.935 bits per heavy atom. The smallest absolute Gasteiger partial charge is 0.406 e. The van der Waals surface area contributed by atoms with Crippen molar-refractivity contribution in [3.8, 4) is 16.9 Å². The fraction of sp³-hybridized carbons (Fsp3) is 0.0435. The molecule has 0 fully saturated rings. The number of aromatic amines is 1. The third-order valence-electron chi connectivity index (χ3n) is 4.49. The second-order valence-electron chi connectivity index (χ2n) is 6.60. The van der Waals surface area contributed by atoms with Crippen LogP contribution in [0.5, 0.6) is 5.75 Å².